The minimum absolute atomic E-state index is 0.0715. The number of hydrogen-bond donors (Lipinski definition) is 1. The lowest BCUT2D eigenvalue weighted by Gasteiger charge is -2.26. The van der Waals surface area contributed by atoms with Gasteiger partial charge >= 0.3 is 6.18 Å². The molecule has 0 aliphatic heterocycles. The second-order valence-corrected chi connectivity index (χ2v) is 5.10. The Morgan fingerprint density at radius 1 is 1.19 bits per heavy atom. The second-order valence-electron chi connectivity index (χ2n) is 5.10. The predicted octanol–water partition coefficient (Wildman–Crippen LogP) is 3.77. The quantitative estimate of drug-likeness (QED) is 0.682. The third kappa shape index (κ3) is 3.84. The van der Waals surface area contributed by atoms with Crippen molar-refractivity contribution in [1.29, 1.82) is 0 Å². The van der Waals surface area contributed by atoms with Crippen molar-refractivity contribution < 1.29 is 23.2 Å². The average Bonchev–Trinajstić information content (AvgIpc) is 2.40. The number of alkyl halides is 3. The van der Waals surface area contributed by atoms with E-state index in [1.54, 1.807) is 0 Å². The molecule has 1 radical (unpaired) electrons. The predicted molar refractivity (Wildman–Crippen MR) is 68.5 cm³/mol. The fourth-order valence-corrected chi connectivity index (χ4v) is 2.45. The molecule has 1 N–H and O–H groups in total. The summed E-state index contributed by atoms with van der Waals surface area (Å²) in [6.07, 6.45) is -3.25. The van der Waals surface area contributed by atoms with Gasteiger partial charge in [-0.1, -0.05) is 0 Å². The van der Waals surface area contributed by atoms with Gasteiger partial charge < -0.3 is 5.32 Å². The van der Waals surface area contributed by atoms with Gasteiger partial charge in [-0.25, -0.2) is 5.11 Å². The highest BCUT2D eigenvalue weighted by molar-refractivity contribution is 5.55. The second kappa shape index (κ2) is 5.88. The molecule has 1 fully saturated rings. The Bertz CT molecular complexity index is 526. The molecule has 0 aromatic heterocycles. The first kappa shape index (κ1) is 15.6. The smallest absolute Gasteiger partial charge is 0.382 e. The van der Waals surface area contributed by atoms with E-state index < -0.39 is 28.5 Å². The lowest BCUT2D eigenvalue weighted by atomic mass is 9.93. The van der Waals surface area contributed by atoms with E-state index in [1.165, 1.54) is 6.07 Å². The van der Waals surface area contributed by atoms with Crippen LogP contribution in [0.5, 0.6) is 0 Å². The molecule has 1 aromatic carbocycles. The average molecular weight is 303 g/mol. The first-order valence-electron chi connectivity index (χ1n) is 6.55. The van der Waals surface area contributed by atoms with Gasteiger partial charge in [-0.2, -0.15) is 13.2 Å². The van der Waals surface area contributed by atoms with Gasteiger partial charge in [0.15, 0.2) is 0 Å². The summed E-state index contributed by atoms with van der Waals surface area (Å²) in [4.78, 5) is 9.61. The number of halogens is 3. The summed E-state index contributed by atoms with van der Waals surface area (Å²) in [6.45, 7) is 0. The van der Waals surface area contributed by atoms with Crippen molar-refractivity contribution in [3.05, 3.63) is 33.9 Å². The van der Waals surface area contributed by atoms with Crippen LogP contribution in [-0.2, 0) is 11.3 Å². The van der Waals surface area contributed by atoms with Crippen molar-refractivity contribution in [1.82, 2.24) is 0 Å². The molecular weight excluding hydrogens is 289 g/mol. The molecule has 1 aliphatic carbocycles. The first-order chi connectivity index (χ1) is 9.77. The van der Waals surface area contributed by atoms with Crippen LogP contribution in [0.1, 0.15) is 31.2 Å². The molecule has 1 aromatic rings. The van der Waals surface area contributed by atoms with E-state index >= 15 is 0 Å². The summed E-state index contributed by atoms with van der Waals surface area (Å²) in [5.74, 6) is 0. The maximum Gasteiger partial charge on any atom is 0.423 e. The number of rotatable bonds is 3. The molecule has 0 saturated heterocycles. The van der Waals surface area contributed by atoms with Gasteiger partial charge in [0.25, 0.3) is 5.69 Å². The van der Waals surface area contributed by atoms with E-state index in [0.29, 0.717) is 25.7 Å². The van der Waals surface area contributed by atoms with Gasteiger partial charge in [0.2, 0.25) is 0 Å². The van der Waals surface area contributed by atoms with Crippen molar-refractivity contribution in [2.45, 2.75) is 44.0 Å². The van der Waals surface area contributed by atoms with E-state index in [9.17, 15) is 28.4 Å². The molecule has 2 rings (SSSR count). The van der Waals surface area contributed by atoms with Crippen LogP contribution < -0.4 is 5.32 Å². The highest BCUT2D eigenvalue weighted by Crippen LogP contribution is 2.38. The molecule has 1 saturated carbocycles. The molecule has 5 nitrogen and oxygen atoms in total. The van der Waals surface area contributed by atoms with Crippen LogP contribution in [0, 0.1) is 10.1 Å². The molecule has 0 amide bonds. The molecule has 0 heterocycles. The Balaban J connectivity index is 2.20. The number of anilines is 1. The van der Waals surface area contributed by atoms with Gasteiger partial charge in [0.1, 0.15) is 5.56 Å². The van der Waals surface area contributed by atoms with Crippen LogP contribution in [-0.4, -0.2) is 17.1 Å². The maximum absolute atomic E-state index is 12.8. The Labute approximate surface area is 118 Å². The van der Waals surface area contributed by atoms with Crippen molar-refractivity contribution in [2.24, 2.45) is 0 Å². The van der Waals surface area contributed by atoms with Gasteiger partial charge in [-0.05, 0) is 37.8 Å². The zero-order valence-electron chi connectivity index (χ0n) is 11.0. The van der Waals surface area contributed by atoms with E-state index in [-0.39, 0.29) is 11.7 Å². The molecule has 8 heteroatoms. The monoisotopic (exact) mass is 303 g/mol. The van der Waals surface area contributed by atoms with Crippen LogP contribution >= 0.6 is 0 Å². The van der Waals surface area contributed by atoms with Gasteiger partial charge in [-0.3, -0.25) is 10.1 Å². The zero-order valence-corrected chi connectivity index (χ0v) is 11.0. The number of benzene rings is 1. The maximum atomic E-state index is 12.8. The fourth-order valence-electron chi connectivity index (χ4n) is 2.45. The number of nitrogens with one attached hydrogen (secondary N) is 1. The van der Waals surface area contributed by atoms with Crippen LogP contribution in [0.4, 0.5) is 24.5 Å². The van der Waals surface area contributed by atoms with Crippen molar-refractivity contribution in [3.63, 3.8) is 0 Å². The number of nitro groups is 1. The molecule has 115 valence electrons. The largest absolute Gasteiger partial charge is 0.423 e. The van der Waals surface area contributed by atoms with Crippen LogP contribution in [0.15, 0.2) is 18.2 Å². The van der Waals surface area contributed by atoms with E-state index in [1.807, 2.05) is 0 Å². The highest BCUT2D eigenvalue weighted by atomic mass is 19.4. The summed E-state index contributed by atoms with van der Waals surface area (Å²) >= 11 is 0. The van der Waals surface area contributed by atoms with Crippen LogP contribution in [0.25, 0.3) is 0 Å². The number of nitrogens with zero attached hydrogens (tertiary/aromatic N) is 1. The molecule has 0 unspecified atom stereocenters. The molecular formula is C13H14F3N2O3. The lowest BCUT2D eigenvalue weighted by molar-refractivity contribution is -0.388. The number of nitro benzene ring substituents is 1. The van der Waals surface area contributed by atoms with Crippen LogP contribution in [0.2, 0.25) is 0 Å². The standard InChI is InChI=1S/C13H14F3N2O3/c14-13(15,16)11-7-9(3-6-12(11)18(20)21)17-8-1-4-10(19)5-2-8/h3,6-8,10,17H,1-2,4-5H2. The summed E-state index contributed by atoms with van der Waals surface area (Å²) < 4.78 is 38.5. The van der Waals surface area contributed by atoms with Gasteiger partial charge in [0, 0.05) is 17.8 Å². The molecule has 1 aliphatic rings. The summed E-state index contributed by atoms with van der Waals surface area (Å²) in [6, 6.07) is 2.79. The van der Waals surface area contributed by atoms with Crippen molar-refractivity contribution in [3.8, 4) is 0 Å². The SMILES string of the molecule is [O]C1CCC(Nc2ccc([N+](=O)[O-])c(C(F)(F)F)c2)CC1. The van der Waals surface area contributed by atoms with Crippen molar-refractivity contribution >= 4 is 11.4 Å². The highest BCUT2D eigenvalue weighted by Gasteiger charge is 2.38. The summed E-state index contributed by atoms with van der Waals surface area (Å²) in [5, 5.41) is 24.8. The Morgan fingerprint density at radius 3 is 2.33 bits per heavy atom. The topological polar surface area (TPSA) is 75.1 Å². The fraction of sp³-hybridized carbons (Fsp3) is 0.538. The van der Waals surface area contributed by atoms with E-state index in [0.717, 1.165) is 12.1 Å². The first-order valence-corrected chi connectivity index (χ1v) is 6.55. The van der Waals surface area contributed by atoms with Crippen LogP contribution in [0.3, 0.4) is 0 Å². The zero-order chi connectivity index (χ0) is 15.6. The van der Waals surface area contributed by atoms with E-state index in [4.69, 9.17) is 0 Å². The Hall–Kier alpha value is -1.83. The lowest BCUT2D eigenvalue weighted by Crippen LogP contribution is -2.27. The minimum Gasteiger partial charge on any atom is -0.382 e. The molecule has 0 atom stereocenters. The minimum atomic E-state index is -4.78. The normalized spacial score (nSPS) is 22.9. The van der Waals surface area contributed by atoms with Gasteiger partial charge in [0.05, 0.1) is 11.0 Å². The van der Waals surface area contributed by atoms with Crippen molar-refractivity contribution in [2.75, 3.05) is 5.32 Å². The van der Waals surface area contributed by atoms with E-state index in [2.05, 4.69) is 5.32 Å². The Kier molecular flexibility index (Phi) is 4.36. The third-order valence-electron chi connectivity index (χ3n) is 3.54. The molecule has 0 bridgehead atoms. The third-order valence-corrected chi connectivity index (χ3v) is 3.54. The van der Waals surface area contributed by atoms with Gasteiger partial charge in [-0.15, -0.1) is 0 Å². The molecule has 0 spiro atoms. The summed E-state index contributed by atoms with van der Waals surface area (Å²) in [5.41, 5.74) is -2.05. The Morgan fingerprint density at radius 2 is 1.81 bits per heavy atom. The summed E-state index contributed by atoms with van der Waals surface area (Å²) in [7, 11) is 0. The molecule has 21 heavy (non-hydrogen) atoms. The number of hydrogen-bond acceptors (Lipinski definition) is 3.